The van der Waals surface area contributed by atoms with Gasteiger partial charge in [-0.25, -0.2) is 0 Å². The summed E-state index contributed by atoms with van der Waals surface area (Å²) in [5.74, 6) is 0. The number of anilines is 1. The van der Waals surface area contributed by atoms with Gasteiger partial charge in [0.05, 0.1) is 4.92 Å². The summed E-state index contributed by atoms with van der Waals surface area (Å²) in [4.78, 5) is 10.4. The number of nitrogens with one attached hydrogen (secondary N) is 1. The van der Waals surface area contributed by atoms with Gasteiger partial charge in [0, 0.05) is 23.9 Å². The fourth-order valence-electron chi connectivity index (χ4n) is 1.34. The molecule has 0 aliphatic carbocycles. The van der Waals surface area contributed by atoms with Crippen molar-refractivity contribution in [2.24, 2.45) is 0 Å². The summed E-state index contributed by atoms with van der Waals surface area (Å²) in [6, 6.07) is 3.50. The Bertz CT molecular complexity index is 361. The highest BCUT2D eigenvalue weighted by Crippen LogP contribution is 2.25. The normalized spacial score (nSPS) is 9.93. The zero-order valence-electron chi connectivity index (χ0n) is 8.63. The Morgan fingerprint density at radius 2 is 2.07 bits per heavy atom. The van der Waals surface area contributed by atoms with E-state index in [1.807, 2.05) is 19.9 Å². The first kappa shape index (κ1) is 10.5. The van der Waals surface area contributed by atoms with E-state index in [4.69, 9.17) is 0 Å². The maximum Gasteiger partial charge on any atom is 0.274 e. The molecule has 0 amide bonds. The van der Waals surface area contributed by atoms with Gasteiger partial charge in [-0.15, -0.1) is 0 Å². The first-order valence-corrected chi connectivity index (χ1v) is 4.55. The molecule has 14 heavy (non-hydrogen) atoms. The second-order valence-electron chi connectivity index (χ2n) is 3.22. The van der Waals surface area contributed by atoms with Crippen LogP contribution in [0.4, 0.5) is 11.4 Å². The van der Waals surface area contributed by atoms with Gasteiger partial charge < -0.3 is 5.32 Å². The van der Waals surface area contributed by atoms with Crippen molar-refractivity contribution in [2.45, 2.75) is 20.8 Å². The minimum absolute atomic E-state index is 0.181. The van der Waals surface area contributed by atoms with Gasteiger partial charge in [0.25, 0.3) is 5.69 Å². The number of hydrogen-bond donors (Lipinski definition) is 1. The van der Waals surface area contributed by atoms with Crippen LogP contribution in [0.15, 0.2) is 12.1 Å². The quantitative estimate of drug-likeness (QED) is 0.594. The second kappa shape index (κ2) is 4.09. The van der Waals surface area contributed by atoms with E-state index in [-0.39, 0.29) is 10.6 Å². The molecule has 1 N–H and O–H groups in total. The maximum absolute atomic E-state index is 10.7. The minimum atomic E-state index is -0.344. The number of nitrogens with zero attached hydrogens (tertiary/aromatic N) is 1. The number of aryl methyl sites for hydroxylation is 1. The molecule has 0 aromatic heterocycles. The fourth-order valence-corrected chi connectivity index (χ4v) is 1.34. The third-order valence-electron chi connectivity index (χ3n) is 2.22. The second-order valence-corrected chi connectivity index (χ2v) is 3.22. The minimum Gasteiger partial charge on any atom is -0.385 e. The van der Waals surface area contributed by atoms with Crippen molar-refractivity contribution in [3.8, 4) is 0 Å². The van der Waals surface area contributed by atoms with Crippen molar-refractivity contribution in [2.75, 3.05) is 11.9 Å². The zero-order chi connectivity index (χ0) is 10.7. The molecule has 0 atom stereocenters. The van der Waals surface area contributed by atoms with Gasteiger partial charge in [0.2, 0.25) is 0 Å². The van der Waals surface area contributed by atoms with E-state index >= 15 is 0 Å². The van der Waals surface area contributed by atoms with Crippen molar-refractivity contribution in [3.63, 3.8) is 0 Å². The molecule has 0 unspecified atom stereocenters. The molecule has 4 nitrogen and oxygen atoms in total. The molecule has 0 aliphatic heterocycles. The van der Waals surface area contributed by atoms with Gasteiger partial charge in [-0.2, -0.15) is 0 Å². The first-order valence-electron chi connectivity index (χ1n) is 4.55. The van der Waals surface area contributed by atoms with Crippen molar-refractivity contribution >= 4 is 11.4 Å². The molecule has 1 aromatic rings. The standard InChI is InChI=1S/C10H14N2O2/c1-4-11-9-5-7(2)8(3)10(6-9)12(13)14/h5-6,11H,4H2,1-3H3. The predicted octanol–water partition coefficient (Wildman–Crippen LogP) is 2.64. The number of rotatable bonds is 3. The Hall–Kier alpha value is -1.58. The molecule has 0 fully saturated rings. The largest absolute Gasteiger partial charge is 0.385 e. The third kappa shape index (κ3) is 2.02. The molecule has 0 spiro atoms. The van der Waals surface area contributed by atoms with E-state index < -0.39 is 0 Å². The number of benzene rings is 1. The van der Waals surface area contributed by atoms with Crippen LogP contribution in [0.25, 0.3) is 0 Å². The summed E-state index contributed by atoms with van der Waals surface area (Å²) in [5, 5.41) is 13.8. The number of nitro groups is 1. The average molecular weight is 194 g/mol. The van der Waals surface area contributed by atoms with E-state index in [0.717, 1.165) is 23.4 Å². The molecule has 0 bridgehead atoms. The Labute approximate surface area is 83.1 Å². The third-order valence-corrected chi connectivity index (χ3v) is 2.22. The van der Waals surface area contributed by atoms with Gasteiger partial charge in [-0.3, -0.25) is 10.1 Å². The molecule has 0 saturated heterocycles. The van der Waals surface area contributed by atoms with E-state index in [9.17, 15) is 10.1 Å². The average Bonchev–Trinajstić information content (AvgIpc) is 2.11. The lowest BCUT2D eigenvalue weighted by Crippen LogP contribution is -2.00. The molecule has 0 aliphatic rings. The molecule has 4 heteroatoms. The Kier molecular flexibility index (Phi) is 3.06. The van der Waals surface area contributed by atoms with Crippen LogP contribution in [-0.2, 0) is 0 Å². The fraction of sp³-hybridized carbons (Fsp3) is 0.400. The monoisotopic (exact) mass is 194 g/mol. The van der Waals surface area contributed by atoms with Crippen LogP contribution in [0.1, 0.15) is 18.1 Å². The molecular weight excluding hydrogens is 180 g/mol. The molecule has 0 radical (unpaired) electrons. The summed E-state index contributed by atoms with van der Waals surface area (Å²) in [6.07, 6.45) is 0. The van der Waals surface area contributed by atoms with Crippen LogP contribution in [0.5, 0.6) is 0 Å². The maximum atomic E-state index is 10.7. The molecular formula is C10H14N2O2. The van der Waals surface area contributed by atoms with E-state index in [0.29, 0.717) is 0 Å². The Balaban J connectivity index is 3.21. The lowest BCUT2D eigenvalue weighted by atomic mass is 10.1. The smallest absolute Gasteiger partial charge is 0.274 e. The molecule has 76 valence electrons. The summed E-state index contributed by atoms with van der Waals surface area (Å²) in [6.45, 7) is 6.37. The summed E-state index contributed by atoms with van der Waals surface area (Å²) >= 11 is 0. The van der Waals surface area contributed by atoms with Crippen molar-refractivity contribution < 1.29 is 4.92 Å². The summed E-state index contributed by atoms with van der Waals surface area (Å²) in [5.41, 5.74) is 2.66. The van der Waals surface area contributed by atoms with E-state index in [1.165, 1.54) is 0 Å². The van der Waals surface area contributed by atoms with Gasteiger partial charge in [-0.05, 0) is 32.4 Å². The molecule has 0 heterocycles. The highest BCUT2D eigenvalue weighted by molar-refractivity contribution is 5.58. The van der Waals surface area contributed by atoms with Crippen molar-refractivity contribution in [3.05, 3.63) is 33.4 Å². The van der Waals surface area contributed by atoms with Crippen LogP contribution < -0.4 is 5.32 Å². The summed E-state index contributed by atoms with van der Waals surface area (Å²) in [7, 11) is 0. The Morgan fingerprint density at radius 1 is 1.43 bits per heavy atom. The van der Waals surface area contributed by atoms with Crippen molar-refractivity contribution in [1.82, 2.24) is 0 Å². The lowest BCUT2D eigenvalue weighted by Gasteiger charge is -2.07. The highest BCUT2D eigenvalue weighted by Gasteiger charge is 2.13. The highest BCUT2D eigenvalue weighted by atomic mass is 16.6. The van der Waals surface area contributed by atoms with Gasteiger partial charge >= 0.3 is 0 Å². The molecule has 1 rings (SSSR count). The summed E-state index contributed by atoms with van der Waals surface area (Å²) < 4.78 is 0. The van der Waals surface area contributed by atoms with Crippen LogP contribution in [0, 0.1) is 24.0 Å². The Morgan fingerprint density at radius 3 is 2.57 bits per heavy atom. The molecule has 1 aromatic carbocycles. The van der Waals surface area contributed by atoms with Crippen LogP contribution in [-0.4, -0.2) is 11.5 Å². The lowest BCUT2D eigenvalue weighted by molar-refractivity contribution is -0.385. The first-order chi connectivity index (χ1) is 6.56. The topological polar surface area (TPSA) is 55.2 Å². The number of nitro benzene ring substituents is 1. The number of hydrogen-bond acceptors (Lipinski definition) is 3. The van der Waals surface area contributed by atoms with E-state index in [1.54, 1.807) is 13.0 Å². The van der Waals surface area contributed by atoms with Crippen LogP contribution in [0.3, 0.4) is 0 Å². The van der Waals surface area contributed by atoms with Crippen molar-refractivity contribution in [1.29, 1.82) is 0 Å². The van der Waals surface area contributed by atoms with Gasteiger partial charge in [0.1, 0.15) is 0 Å². The zero-order valence-corrected chi connectivity index (χ0v) is 8.63. The van der Waals surface area contributed by atoms with Crippen LogP contribution in [0.2, 0.25) is 0 Å². The van der Waals surface area contributed by atoms with Gasteiger partial charge in [0.15, 0.2) is 0 Å². The van der Waals surface area contributed by atoms with Crippen LogP contribution >= 0.6 is 0 Å². The van der Waals surface area contributed by atoms with E-state index in [2.05, 4.69) is 5.32 Å². The predicted molar refractivity (Wildman–Crippen MR) is 56.7 cm³/mol. The van der Waals surface area contributed by atoms with Gasteiger partial charge in [-0.1, -0.05) is 0 Å². The molecule has 0 saturated carbocycles. The SMILES string of the molecule is CCNc1cc(C)c(C)c([N+](=O)[O-])c1.